The fourth-order valence-electron chi connectivity index (χ4n) is 2.04. The summed E-state index contributed by atoms with van der Waals surface area (Å²) in [5.74, 6) is 0.118. The van der Waals surface area contributed by atoms with Crippen LogP contribution in [0.1, 0.15) is 17.5 Å². The number of anilines is 2. The van der Waals surface area contributed by atoms with Crippen LogP contribution in [0.15, 0.2) is 47.5 Å². The van der Waals surface area contributed by atoms with Crippen LogP contribution in [0, 0.1) is 13.8 Å². The molecule has 134 valence electrons. The summed E-state index contributed by atoms with van der Waals surface area (Å²) in [6, 6.07) is 13.3. The summed E-state index contributed by atoms with van der Waals surface area (Å²) in [4.78, 5) is 16.1. The number of hydrogen-bond donors (Lipinski definition) is 3. The van der Waals surface area contributed by atoms with Crippen molar-refractivity contribution in [2.75, 3.05) is 17.2 Å². The zero-order valence-corrected chi connectivity index (χ0v) is 17.3. The minimum absolute atomic E-state index is 0. The molecule has 0 radical (unpaired) electrons. The van der Waals surface area contributed by atoms with Crippen molar-refractivity contribution in [1.29, 1.82) is 0 Å². The Hall–Kier alpha value is -1.80. The van der Waals surface area contributed by atoms with E-state index in [-0.39, 0.29) is 42.3 Å². The number of amides is 1. The standard InChI is InChI=1S/C18H21ClN4O.HI/c1-12-3-6-14(7-4-12)22-18(20)21-10-9-17(24)23-16-8-5-13(2)11-15(16)19;/h3-8,11H,9-10H2,1-2H3,(H,23,24)(H3,20,21,22);1H. The van der Waals surface area contributed by atoms with Gasteiger partial charge < -0.3 is 16.4 Å². The highest BCUT2D eigenvalue weighted by molar-refractivity contribution is 14.0. The van der Waals surface area contributed by atoms with Gasteiger partial charge in [0, 0.05) is 12.1 Å². The van der Waals surface area contributed by atoms with Crippen molar-refractivity contribution in [2.45, 2.75) is 20.3 Å². The van der Waals surface area contributed by atoms with Crippen molar-refractivity contribution in [3.63, 3.8) is 0 Å². The summed E-state index contributed by atoms with van der Waals surface area (Å²) in [5.41, 5.74) is 9.48. The number of halogens is 2. The third-order valence-electron chi connectivity index (χ3n) is 3.34. The van der Waals surface area contributed by atoms with Crippen LogP contribution in [0.2, 0.25) is 5.02 Å². The van der Waals surface area contributed by atoms with Crippen LogP contribution >= 0.6 is 35.6 Å². The van der Waals surface area contributed by atoms with E-state index >= 15 is 0 Å². The van der Waals surface area contributed by atoms with Crippen LogP contribution in [0.25, 0.3) is 0 Å². The number of aryl methyl sites for hydroxylation is 2. The summed E-state index contributed by atoms with van der Waals surface area (Å²) in [5, 5.41) is 6.27. The second-order valence-electron chi connectivity index (χ2n) is 5.54. The van der Waals surface area contributed by atoms with E-state index in [4.69, 9.17) is 17.3 Å². The first-order chi connectivity index (χ1) is 11.4. The number of nitrogens with zero attached hydrogens (tertiary/aromatic N) is 1. The van der Waals surface area contributed by atoms with Gasteiger partial charge in [0.25, 0.3) is 0 Å². The van der Waals surface area contributed by atoms with Crippen LogP contribution in [0.3, 0.4) is 0 Å². The van der Waals surface area contributed by atoms with E-state index in [1.807, 2.05) is 44.2 Å². The number of benzene rings is 2. The third-order valence-corrected chi connectivity index (χ3v) is 3.66. The fraction of sp³-hybridized carbons (Fsp3) is 0.222. The maximum atomic E-state index is 11.9. The second kappa shape index (κ2) is 10.2. The lowest BCUT2D eigenvalue weighted by molar-refractivity contribution is -0.116. The van der Waals surface area contributed by atoms with Gasteiger partial charge in [-0.05, 0) is 43.7 Å². The minimum Gasteiger partial charge on any atom is -0.370 e. The quantitative estimate of drug-likeness (QED) is 0.344. The van der Waals surface area contributed by atoms with Gasteiger partial charge in [-0.25, -0.2) is 0 Å². The number of nitrogens with one attached hydrogen (secondary N) is 2. The number of guanidine groups is 1. The molecule has 0 atom stereocenters. The second-order valence-corrected chi connectivity index (χ2v) is 5.95. The molecule has 25 heavy (non-hydrogen) atoms. The highest BCUT2D eigenvalue weighted by Crippen LogP contribution is 2.22. The lowest BCUT2D eigenvalue weighted by Gasteiger charge is -2.08. The number of nitrogens with two attached hydrogens (primary N) is 1. The molecule has 2 aromatic carbocycles. The molecular formula is C18H22ClIN4O. The molecule has 0 unspecified atom stereocenters. The summed E-state index contributed by atoms with van der Waals surface area (Å²) in [7, 11) is 0. The summed E-state index contributed by atoms with van der Waals surface area (Å²) in [6.07, 6.45) is 0.223. The van der Waals surface area contributed by atoms with E-state index in [1.54, 1.807) is 12.1 Å². The van der Waals surface area contributed by atoms with E-state index in [2.05, 4.69) is 15.6 Å². The molecule has 2 aromatic rings. The van der Waals surface area contributed by atoms with E-state index < -0.39 is 0 Å². The molecule has 0 aliphatic heterocycles. The van der Waals surface area contributed by atoms with Crippen LogP contribution in [0.5, 0.6) is 0 Å². The number of carbonyl (C=O) groups excluding carboxylic acids is 1. The van der Waals surface area contributed by atoms with E-state index in [1.165, 1.54) is 5.56 Å². The Morgan fingerprint density at radius 3 is 2.36 bits per heavy atom. The van der Waals surface area contributed by atoms with Gasteiger partial charge in [-0.15, -0.1) is 24.0 Å². The summed E-state index contributed by atoms with van der Waals surface area (Å²) >= 11 is 6.09. The maximum absolute atomic E-state index is 11.9. The SMILES string of the molecule is Cc1ccc(NC(N)=NCCC(=O)Nc2ccc(C)cc2Cl)cc1.I. The van der Waals surface area contributed by atoms with Gasteiger partial charge in [0.2, 0.25) is 5.91 Å². The zero-order chi connectivity index (χ0) is 17.5. The number of aliphatic imine (C=N–C) groups is 1. The summed E-state index contributed by atoms with van der Waals surface area (Å²) < 4.78 is 0. The Morgan fingerprint density at radius 2 is 1.72 bits per heavy atom. The molecule has 0 saturated carbocycles. The van der Waals surface area contributed by atoms with Crippen molar-refractivity contribution in [2.24, 2.45) is 10.7 Å². The molecule has 0 bridgehead atoms. The minimum atomic E-state index is -0.160. The molecule has 2 rings (SSSR count). The highest BCUT2D eigenvalue weighted by Gasteiger charge is 2.05. The average Bonchev–Trinajstić information content (AvgIpc) is 2.52. The Morgan fingerprint density at radius 1 is 1.08 bits per heavy atom. The normalized spacial score (nSPS) is 10.8. The molecule has 0 heterocycles. The first-order valence-electron chi connectivity index (χ1n) is 7.63. The Balaban J connectivity index is 0.00000312. The van der Waals surface area contributed by atoms with Gasteiger partial charge in [0.05, 0.1) is 17.3 Å². The van der Waals surface area contributed by atoms with Gasteiger partial charge in [-0.2, -0.15) is 0 Å². The topological polar surface area (TPSA) is 79.5 Å². The molecular weight excluding hydrogens is 451 g/mol. The first-order valence-corrected chi connectivity index (χ1v) is 8.01. The van der Waals surface area contributed by atoms with Crippen molar-refractivity contribution in [3.05, 3.63) is 58.6 Å². The zero-order valence-electron chi connectivity index (χ0n) is 14.2. The third kappa shape index (κ3) is 7.31. The van der Waals surface area contributed by atoms with E-state index in [9.17, 15) is 4.79 Å². The molecule has 7 heteroatoms. The molecule has 0 spiro atoms. The lowest BCUT2D eigenvalue weighted by atomic mass is 10.2. The van der Waals surface area contributed by atoms with Crippen LogP contribution < -0.4 is 16.4 Å². The van der Waals surface area contributed by atoms with Gasteiger partial charge in [-0.3, -0.25) is 9.79 Å². The van der Waals surface area contributed by atoms with Gasteiger partial charge in [-0.1, -0.05) is 35.4 Å². The maximum Gasteiger partial charge on any atom is 0.226 e. The first kappa shape index (κ1) is 21.2. The van der Waals surface area contributed by atoms with Gasteiger partial charge in [0.1, 0.15) is 0 Å². The molecule has 4 N–H and O–H groups in total. The molecule has 0 aliphatic rings. The molecule has 0 saturated heterocycles. The predicted molar refractivity (Wildman–Crippen MR) is 116 cm³/mol. The van der Waals surface area contributed by atoms with Crippen molar-refractivity contribution < 1.29 is 4.79 Å². The van der Waals surface area contributed by atoms with Gasteiger partial charge >= 0.3 is 0 Å². The highest BCUT2D eigenvalue weighted by atomic mass is 127. The predicted octanol–water partition coefficient (Wildman–Crippen LogP) is 4.33. The number of hydrogen-bond acceptors (Lipinski definition) is 2. The van der Waals surface area contributed by atoms with Crippen LogP contribution in [-0.4, -0.2) is 18.4 Å². The smallest absolute Gasteiger partial charge is 0.226 e. The average molecular weight is 473 g/mol. The largest absolute Gasteiger partial charge is 0.370 e. The Bertz CT molecular complexity index is 747. The van der Waals surface area contributed by atoms with Crippen molar-refractivity contribution in [3.8, 4) is 0 Å². The lowest BCUT2D eigenvalue weighted by Crippen LogP contribution is -2.23. The Kier molecular flexibility index (Phi) is 8.71. The van der Waals surface area contributed by atoms with Crippen LogP contribution in [-0.2, 0) is 4.79 Å². The summed E-state index contributed by atoms with van der Waals surface area (Å²) in [6.45, 7) is 4.25. The Labute approximate surface area is 170 Å². The molecule has 0 fully saturated rings. The van der Waals surface area contributed by atoms with Crippen LogP contribution in [0.4, 0.5) is 11.4 Å². The monoisotopic (exact) mass is 472 g/mol. The van der Waals surface area contributed by atoms with Crippen molar-refractivity contribution in [1.82, 2.24) is 0 Å². The number of rotatable bonds is 5. The van der Waals surface area contributed by atoms with Gasteiger partial charge in [0.15, 0.2) is 5.96 Å². The molecule has 5 nitrogen and oxygen atoms in total. The molecule has 1 amide bonds. The molecule has 0 aliphatic carbocycles. The van der Waals surface area contributed by atoms with E-state index in [0.717, 1.165) is 11.3 Å². The fourth-order valence-corrected chi connectivity index (χ4v) is 2.32. The molecule has 0 aromatic heterocycles. The number of carbonyl (C=O) groups is 1. The van der Waals surface area contributed by atoms with Crippen molar-refractivity contribution >= 4 is 58.8 Å². The van der Waals surface area contributed by atoms with E-state index in [0.29, 0.717) is 17.3 Å².